The highest BCUT2D eigenvalue weighted by molar-refractivity contribution is 9.10. The molecule has 1 aromatic heterocycles. The van der Waals surface area contributed by atoms with Gasteiger partial charge in [-0.25, -0.2) is 0 Å². The Morgan fingerprint density at radius 3 is 2.58 bits per heavy atom. The first-order valence-electron chi connectivity index (χ1n) is 6.21. The largest absolute Gasteiger partial charge is 0.464 e. The van der Waals surface area contributed by atoms with Gasteiger partial charge in [-0.15, -0.1) is 0 Å². The molecule has 0 aliphatic carbocycles. The number of aryl methyl sites for hydroxylation is 1. The Balaban J connectivity index is 2.15. The Morgan fingerprint density at radius 2 is 2.05 bits per heavy atom. The Morgan fingerprint density at radius 1 is 1.32 bits per heavy atom. The van der Waals surface area contributed by atoms with Gasteiger partial charge < -0.3 is 14.4 Å². The minimum absolute atomic E-state index is 0.471. The summed E-state index contributed by atoms with van der Waals surface area (Å²) >= 11 is 3.50. The minimum Gasteiger partial charge on any atom is -0.464 e. The summed E-state index contributed by atoms with van der Waals surface area (Å²) in [5, 5.41) is 9.61. The van der Waals surface area contributed by atoms with Crippen molar-refractivity contribution in [3.63, 3.8) is 0 Å². The lowest BCUT2D eigenvalue weighted by Crippen LogP contribution is -2.16. The summed E-state index contributed by atoms with van der Waals surface area (Å²) in [5.74, 6) is 1.87. The van der Waals surface area contributed by atoms with Gasteiger partial charge in [-0.2, -0.15) is 0 Å². The summed E-state index contributed by atoms with van der Waals surface area (Å²) < 4.78 is 6.49. The molecule has 0 saturated heterocycles. The number of furan rings is 1. The highest BCUT2D eigenvalue weighted by atomic mass is 79.9. The summed E-state index contributed by atoms with van der Waals surface area (Å²) in [7, 11) is 2.02. The molecule has 1 atom stereocenters. The fourth-order valence-electron chi connectivity index (χ4n) is 1.99. The summed E-state index contributed by atoms with van der Waals surface area (Å²) in [6, 6.07) is 9.91. The first-order chi connectivity index (χ1) is 8.97. The number of benzene rings is 1. The van der Waals surface area contributed by atoms with Crippen molar-refractivity contribution in [3.05, 3.63) is 51.9 Å². The van der Waals surface area contributed by atoms with Crippen LogP contribution in [0.25, 0.3) is 0 Å². The van der Waals surface area contributed by atoms with Crippen LogP contribution in [0.4, 0.5) is 5.69 Å². The molecular formula is C15H18BrNO2. The van der Waals surface area contributed by atoms with E-state index in [4.69, 9.17) is 4.42 Å². The smallest absolute Gasteiger partial charge is 0.123 e. The lowest BCUT2D eigenvalue weighted by molar-refractivity contribution is 0.198. The monoisotopic (exact) mass is 323 g/mol. The van der Waals surface area contributed by atoms with E-state index in [1.165, 1.54) is 0 Å². The number of halogens is 1. The third-order valence-corrected chi connectivity index (χ3v) is 3.75. The lowest BCUT2D eigenvalue weighted by atomic mass is 10.1. The molecule has 19 heavy (non-hydrogen) atoms. The first kappa shape index (κ1) is 14.2. The fraction of sp³-hybridized carbons (Fsp3) is 0.333. The van der Waals surface area contributed by atoms with Crippen LogP contribution in [0.1, 0.15) is 30.1 Å². The first-order valence-corrected chi connectivity index (χ1v) is 7.00. The Hall–Kier alpha value is -1.26. The number of aliphatic hydroxyl groups excluding tert-OH is 1. The number of aliphatic hydroxyl groups is 1. The van der Waals surface area contributed by atoms with Crippen LogP contribution in [-0.4, -0.2) is 12.2 Å². The van der Waals surface area contributed by atoms with Crippen molar-refractivity contribution < 1.29 is 9.52 Å². The van der Waals surface area contributed by atoms with Gasteiger partial charge in [0.05, 0.1) is 12.6 Å². The van der Waals surface area contributed by atoms with Gasteiger partial charge in [0.15, 0.2) is 0 Å². The van der Waals surface area contributed by atoms with Crippen LogP contribution in [0.5, 0.6) is 0 Å². The van der Waals surface area contributed by atoms with Crippen molar-refractivity contribution in [2.45, 2.75) is 26.5 Å². The second-order valence-corrected chi connectivity index (χ2v) is 5.60. The number of hydrogen-bond donors (Lipinski definition) is 1. The predicted octanol–water partition coefficient (Wildman–Crippen LogP) is 4.04. The summed E-state index contributed by atoms with van der Waals surface area (Å²) in [6.07, 6.45) is -0.471. The van der Waals surface area contributed by atoms with E-state index in [9.17, 15) is 5.11 Å². The van der Waals surface area contributed by atoms with E-state index in [1.54, 1.807) is 6.92 Å². The van der Waals surface area contributed by atoms with Crippen LogP contribution in [0, 0.1) is 6.92 Å². The molecule has 0 fully saturated rings. The molecule has 4 heteroatoms. The molecule has 102 valence electrons. The van der Waals surface area contributed by atoms with Gasteiger partial charge in [-0.3, -0.25) is 0 Å². The maximum Gasteiger partial charge on any atom is 0.123 e. The molecule has 0 amide bonds. The van der Waals surface area contributed by atoms with Crippen LogP contribution < -0.4 is 4.90 Å². The molecule has 0 bridgehead atoms. The second-order valence-electron chi connectivity index (χ2n) is 4.75. The van der Waals surface area contributed by atoms with E-state index in [0.29, 0.717) is 6.54 Å². The van der Waals surface area contributed by atoms with Gasteiger partial charge >= 0.3 is 0 Å². The van der Waals surface area contributed by atoms with E-state index in [-0.39, 0.29) is 0 Å². The molecule has 0 spiro atoms. The van der Waals surface area contributed by atoms with E-state index < -0.39 is 6.10 Å². The standard InChI is InChI=1S/C15H18BrNO2/c1-10-4-6-13(19-10)9-17(3)12-5-7-14(11(2)18)15(16)8-12/h4-8,11,18H,9H2,1-3H3/t11-/m0/s1. The van der Waals surface area contributed by atoms with Crippen molar-refractivity contribution >= 4 is 21.6 Å². The molecular weight excluding hydrogens is 306 g/mol. The normalized spacial score (nSPS) is 12.5. The van der Waals surface area contributed by atoms with Crippen LogP contribution in [-0.2, 0) is 6.54 Å². The molecule has 0 aliphatic heterocycles. The zero-order chi connectivity index (χ0) is 14.0. The van der Waals surface area contributed by atoms with Crippen LogP contribution in [0.3, 0.4) is 0 Å². The second kappa shape index (κ2) is 5.80. The fourth-order valence-corrected chi connectivity index (χ4v) is 2.69. The number of hydrogen-bond acceptors (Lipinski definition) is 3. The quantitative estimate of drug-likeness (QED) is 0.922. The molecule has 3 nitrogen and oxygen atoms in total. The highest BCUT2D eigenvalue weighted by Crippen LogP contribution is 2.28. The molecule has 1 aromatic carbocycles. The van der Waals surface area contributed by atoms with Gasteiger partial charge in [0, 0.05) is 17.2 Å². The number of rotatable bonds is 4. The summed E-state index contributed by atoms with van der Waals surface area (Å²) in [5.41, 5.74) is 1.97. The maximum absolute atomic E-state index is 9.61. The summed E-state index contributed by atoms with van der Waals surface area (Å²) in [6.45, 7) is 4.42. The van der Waals surface area contributed by atoms with Crippen molar-refractivity contribution in [2.75, 3.05) is 11.9 Å². The van der Waals surface area contributed by atoms with Crippen LogP contribution in [0.15, 0.2) is 39.2 Å². The molecule has 0 unspecified atom stereocenters. The zero-order valence-corrected chi connectivity index (χ0v) is 12.9. The Labute approximate surface area is 122 Å². The SMILES string of the molecule is Cc1ccc(CN(C)c2ccc([C@H](C)O)c(Br)c2)o1. The number of nitrogens with zero attached hydrogens (tertiary/aromatic N) is 1. The summed E-state index contributed by atoms with van der Waals surface area (Å²) in [4.78, 5) is 2.11. The third kappa shape index (κ3) is 3.39. The predicted molar refractivity (Wildman–Crippen MR) is 80.3 cm³/mol. The van der Waals surface area contributed by atoms with Crippen molar-refractivity contribution in [1.29, 1.82) is 0 Å². The molecule has 2 aromatic rings. The average Bonchev–Trinajstić information content (AvgIpc) is 2.74. The molecule has 0 radical (unpaired) electrons. The van der Waals surface area contributed by atoms with Gasteiger partial charge in [0.2, 0.25) is 0 Å². The topological polar surface area (TPSA) is 36.6 Å². The van der Waals surface area contributed by atoms with Gasteiger partial charge in [-0.05, 0) is 43.7 Å². The Kier molecular flexibility index (Phi) is 4.32. The zero-order valence-electron chi connectivity index (χ0n) is 11.4. The van der Waals surface area contributed by atoms with Crippen LogP contribution >= 0.6 is 15.9 Å². The highest BCUT2D eigenvalue weighted by Gasteiger charge is 2.10. The minimum atomic E-state index is -0.471. The van der Waals surface area contributed by atoms with Crippen LogP contribution in [0.2, 0.25) is 0 Å². The maximum atomic E-state index is 9.61. The Bertz CT molecular complexity index is 563. The molecule has 2 rings (SSSR count). The van der Waals surface area contributed by atoms with Crippen molar-refractivity contribution in [3.8, 4) is 0 Å². The van der Waals surface area contributed by atoms with Gasteiger partial charge in [0.1, 0.15) is 11.5 Å². The third-order valence-electron chi connectivity index (χ3n) is 3.06. The van der Waals surface area contributed by atoms with E-state index in [2.05, 4.69) is 20.8 Å². The number of anilines is 1. The van der Waals surface area contributed by atoms with Crippen molar-refractivity contribution in [2.24, 2.45) is 0 Å². The van der Waals surface area contributed by atoms with E-state index in [0.717, 1.165) is 27.2 Å². The molecule has 1 heterocycles. The average molecular weight is 324 g/mol. The lowest BCUT2D eigenvalue weighted by Gasteiger charge is -2.19. The van der Waals surface area contributed by atoms with E-state index >= 15 is 0 Å². The van der Waals surface area contributed by atoms with Gasteiger partial charge in [0.25, 0.3) is 0 Å². The molecule has 0 aliphatic rings. The van der Waals surface area contributed by atoms with Gasteiger partial charge in [-0.1, -0.05) is 22.0 Å². The van der Waals surface area contributed by atoms with Crippen molar-refractivity contribution in [1.82, 2.24) is 0 Å². The van der Waals surface area contributed by atoms with E-state index in [1.807, 2.05) is 44.3 Å². The molecule has 0 saturated carbocycles. The molecule has 1 N–H and O–H groups in total.